The summed E-state index contributed by atoms with van der Waals surface area (Å²) in [7, 11) is 3.05. The number of fused-ring (bicyclic) bond motifs is 1. The minimum atomic E-state index is -0.970. The molecule has 0 saturated carbocycles. The van der Waals surface area contributed by atoms with Crippen LogP contribution in [0.5, 0.6) is 11.5 Å². The second-order valence-corrected chi connectivity index (χ2v) is 7.58. The van der Waals surface area contributed by atoms with Crippen LogP contribution >= 0.6 is 0 Å². The van der Waals surface area contributed by atoms with Gasteiger partial charge in [0, 0.05) is 29.4 Å². The topological polar surface area (TPSA) is 103 Å². The molecule has 34 heavy (non-hydrogen) atoms. The third kappa shape index (κ3) is 5.01. The number of carbonyl (C=O) groups excluding carboxylic acids is 2. The molecule has 0 spiro atoms. The molecular formula is C26H25N3O5. The third-order valence-corrected chi connectivity index (χ3v) is 5.30. The Morgan fingerprint density at radius 1 is 0.971 bits per heavy atom. The van der Waals surface area contributed by atoms with E-state index in [9.17, 15) is 9.59 Å². The number of esters is 1. The largest absolute Gasteiger partial charge is 0.497 e. The second kappa shape index (κ2) is 10.1. The van der Waals surface area contributed by atoms with Crippen LogP contribution in [0.4, 0.5) is 5.69 Å². The van der Waals surface area contributed by atoms with Gasteiger partial charge in [0.1, 0.15) is 17.3 Å². The number of carbonyl (C=O) groups is 2. The summed E-state index contributed by atoms with van der Waals surface area (Å²) in [5, 5.41) is 2.76. The molecule has 2 N–H and O–H groups in total. The van der Waals surface area contributed by atoms with Crippen molar-refractivity contribution in [3.05, 3.63) is 72.3 Å². The number of hydrogen-bond acceptors (Lipinski definition) is 6. The second-order valence-electron chi connectivity index (χ2n) is 7.58. The number of aromatic nitrogens is 2. The van der Waals surface area contributed by atoms with Gasteiger partial charge in [0.15, 0.2) is 6.10 Å². The molecular weight excluding hydrogens is 434 g/mol. The van der Waals surface area contributed by atoms with E-state index < -0.39 is 18.0 Å². The number of anilines is 1. The highest BCUT2D eigenvalue weighted by molar-refractivity contribution is 5.99. The van der Waals surface area contributed by atoms with E-state index in [0.717, 1.165) is 11.1 Å². The Labute approximate surface area is 196 Å². The van der Waals surface area contributed by atoms with Gasteiger partial charge < -0.3 is 24.5 Å². The summed E-state index contributed by atoms with van der Waals surface area (Å²) in [5.41, 5.74) is 3.18. The van der Waals surface area contributed by atoms with E-state index in [-0.39, 0.29) is 0 Å². The molecule has 0 saturated heterocycles. The first-order valence-electron chi connectivity index (χ1n) is 10.8. The summed E-state index contributed by atoms with van der Waals surface area (Å²) in [6, 6.07) is 19.8. The van der Waals surface area contributed by atoms with Gasteiger partial charge in [-0.2, -0.15) is 0 Å². The minimum absolute atomic E-state index is 0.309. The van der Waals surface area contributed by atoms with Gasteiger partial charge in [-0.15, -0.1) is 0 Å². The summed E-state index contributed by atoms with van der Waals surface area (Å²) < 4.78 is 16.0. The number of ether oxygens (including phenoxy) is 3. The van der Waals surface area contributed by atoms with Gasteiger partial charge in [0.25, 0.3) is 5.91 Å². The molecule has 8 nitrogen and oxygen atoms in total. The highest BCUT2D eigenvalue weighted by Crippen LogP contribution is 2.26. The summed E-state index contributed by atoms with van der Waals surface area (Å²) in [6.45, 7) is 1.77. The van der Waals surface area contributed by atoms with E-state index in [4.69, 9.17) is 14.2 Å². The van der Waals surface area contributed by atoms with Crippen LogP contribution in [0.1, 0.15) is 23.7 Å². The van der Waals surface area contributed by atoms with Crippen LogP contribution in [0, 0.1) is 0 Å². The summed E-state index contributed by atoms with van der Waals surface area (Å²) in [4.78, 5) is 33.4. The zero-order valence-corrected chi connectivity index (χ0v) is 19.1. The molecule has 0 aliphatic rings. The molecule has 4 rings (SSSR count). The zero-order chi connectivity index (χ0) is 24.1. The average molecular weight is 460 g/mol. The molecule has 1 amide bonds. The van der Waals surface area contributed by atoms with Crippen molar-refractivity contribution >= 4 is 28.6 Å². The lowest BCUT2D eigenvalue weighted by Gasteiger charge is -2.17. The van der Waals surface area contributed by atoms with Crippen LogP contribution in [0.25, 0.3) is 22.4 Å². The summed E-state index contributed by atoms with van der Waals surface area (Å²) in [5.74, 6) is 0.730. The Morgan fingerprint density at radius 2 is 1.68 bits per heavy atom. The molecule has 0 radical (unpaired) electrons. The zero-order valence-electron chi connectivity index (χ0n) is 19.1. The Balaban J connectivity index is 1.48. The number of nitrogens with zero attached hydrogens (tertiary/aromatic N) is 1. The number of benzene rings is 3. The van der Waals surface area contributed by atoms with Gasteiger partial charge in [-0.05, 0) is 24.6 Å². The van der Waals surface area contributed by atoms with Crippen molar-refractivity contribution in [3.63, 3.8) is 0 Å². The number of nitrogens with one attached hydrogen (secondary N) is 2. The predicted molar refractivity (Wildman–Crippen MR) is 129 cm³/mol. The smallest absolute Gasteiger partial charge is 0.338 e. The Morgan fingerprint density at radius 3 is 2.32 bits per heavy atom. The lowest BCUT2D eigenvalue weighted by Crippen LogP contribution is -2.32. The van der Waals surface area contributed by atoms with Crippen LogP contribution < -0.4 is 14.8 Å². The standard InChI is InChI=1S/C26H25N3O5/c1-4-23(25(30)27-18-13-19(32-2)15-20(14-18)33-3)34-26(31)17-10-11-21-22(12-17)29-24(28-21)16-8-6-5-7-9-16/h5-15,23H,4H2,1-3H3,(H,27,30)(H,28,29). The maximum atomic E-state index is 12.8. The van der Waals surface area contributed by atoms with Crippen molar-refractivity contribution in [2.75, 3.05) is 19.5 Å². The lowest BCUT2D eigenvalue weighted by atomic mass is 10.2. The van der Waals surface area contributed by atoms with Gasteiger partial charge in [0.2, 0.25) is 0 Å². The molecule has 1 aromatic heterocycles. The van der Waals surface area contributed by atoms with Gasteiger partial charge in [0.05, 0.1) is 30.8 Å². The van der Waals surface area contributed by atoms with E-state index >= 15 is 0 Å². The summed E-state index contributed by atoms with van der Waals surface area (Å²) >= 11 is 0. The van der Waals surface area contributed by atoms with Crippen molar-refractivity contribution in [1.29, 1.82) is 0 Å². The van der Waals surface area contributed by atoms with E-state index in [0.29, 0.717) is 40.5 Å². The maximum absolute atomic E-state index is 12.8. The van der Waals surface area contributed by atoms with E-state index in [1.165, 1.54) is 14.2 Å². The number of rotatable bonds is 8. The molecule has 0 aliphatic carbocycles. The number of H-pyrrole nitrogens is 1. The van der Waals surface area contributed by atoms with Gasteiger partial charge in [-0.3, -0.25) is 4.79 Å². The van der Waals surface area contributed by atoms with Crippen LogP contribution in [0.3, 0.4) is 0 Å². The molecule has 3 aromatic carbocycles. The first kappa shape index (κ1) is 22.8. The molecule has 4 aromatic rings. The SMILES string of the molecule is CCC(OC(=O)c1ccc2nc(-c3ccccc3)[nH]c2c1)C(=O)Nc1cc(OC)cc(OC)c1. The van der Waals surface area contributed by atoms with E-state index in [1.807, 2.05) is 30.3 Å². The molecule has 0 fully saturated rings. The quantitative estimate of drug-likeness (QED) is 0.366. The number of methoxy groups -OCH3 is 2. The van der Waals surface area contributed by atoms with Crippen molar-refractivity contribution in [2.24, 2.45) is 0 Å². The predicted octanol–water partition coefficient (Wildman–Crippen LogP) is 4.82. The van der Waals surface area contributed by atoms with Crippen molar-refractivity contribution in [1.82, 2.24) is 9.97 Å². The molecule has 0 bridgehead atoms. The molecule has 1 heterocycles. The van der Waals surface area contributed by atoms with E-state index in [2.05, 4.69) is 15.3 Å². The lowest BCUT2D eigenvalue weighted by molar-refractivity contribution is -0.124. The maximum Gasteiger partial charge on any atom is 0.338 e. The van der Waals surface area contributed by atoms with Gasteiger partial charge >= 0.3 is 5.97 Å². The van der Waals surface area contributed by atoms with Gasteiger partial charge in [-0.25, -0.2) is 9.78 Å². The highest BCUT2D eigenvalue weighted by Gasteiger charge is 2.23. The third-order valence-electron chi connectivity index (χ3n) is 5.30. The first-order valence-corrected chi connectivity index (χ1v) is 10.8. The van der Waals surface area contributed by atoms with Crippen LogP contribution in [-0.2, 0) is 9.53 Å². The van der Waals surface area contributed by atoms with Crippen LogP contribution in [0.2, 0.25) is 0 Å². The molecule has 0 aliphatic heterocycles. The fourth-order valence-corrected chi connectivity index (χ4v) is 3.49. The molecule has 174 valence electrons. The molecule has 1 atom stereocenters. The van der Waals surface area contributed by atoms with Crippen molar-refractivity contribution in [3.8, 4) is 22.9 Å². The monoisotopic (exact) mass is 459 g/mol. The van der Waals surface area contributed by atoms with E-state index in [1.54, 1.807) is 43.3 Å². The Bertz CT molecular complexity index is 1290. The van der Waals surface area contributed by atoms with Crippen molar-refractivity contribution in [2.45, 2.75) is 19.4 Å². The minimum Gasteiger partial charge on any atom is -0.497 e. The number of aromatic amines is 1. The highest BCUT2D eigenvalue weighted by atomic mass is 16.5. The number of hydrogen-bond donors (Lipinski definition) is 2. The van der Waals surface area contributed by atoms with Gasteiger partial charge in [-0.1, -0.05) is 37.3 Å². The fraction of sp³-hybridized carbons (Fsp3) is 0.192. The van der Waals surface area contributed by atoms with Crippen LogP contribution in [-0.4, -0.2) is 42.2 Å². The molecule has 8 heteroatoms. The summed E-state index contributed by atoms with van der Waals surface area (Å²) in [6.07, 6.45) is -0.662. The number of amides is 1. The van der Waals surface area contributed by atoms with Crippen molar-refractivity contribution < 1.29 is 23.8 Å². The fourth-order valence-electron chi connectivity index (χ4n) is 3.49. The Kier molecular flexibility index (Phi) is 6.77. The number of imidazole rings is 1. The normalized spacial score (nSPS) is 11.6. The first-order chi connectivity index (χ1) is 16.5. The Hall–Kier alpha value is -4.33. The molecule has 1 unspecified atom stereocenters. The van der Waals surface area contributed by atoms with Crippen LogP contribution in [0.15, 0.2) is 66.7 Å². The average Bonchev–Trinajstić information content (AvgIpc) is 3.30.